The molecule has 2 rings (SSSR count). The number of nitrogens with zero attached hydrogens (tertiary/aromatic N) is 2. The molecule has 9 heteroatoms. The summed E-state index contributed by atoms with van der Waals surface area (Å²) < 4.78 is 26.3. The lowest BCUT2D eigenvalue weighted by Crippen LogP contribution is -2.47. The average Bonchev–Trinajstić information content (AvgIpc) is 2.79. The molecule has 0 saturated heterocycles. The van der Waals surface area contributed by atoms with Gasteiger partial charge in [-0.3, -0.25) is 13.9 Å². The molecule has 2 aromatic rings. The largest absolute Gasteiger partial charge is 0.354 e. The van der Waals surface area contributed by atoms with Crippen molar-refractivity contribution in [3.05, 3.63) is 64.2 Å². The Labute approximate surface area is 214 Å². The summed E-state index contributed by atoms with van der Waals surface area (Å²) in [5.41, 5.74) is 3.45. The number of carbonyl (C=O) groups excluding carboxylic acids is 2. The molecule has 2 aromatic carbocycles. The number of hydrogen-bond donors (Lipinski definition) is 1. The number of nitrogens with one attached hydrogen (secondary N) is 1. The number of aryl methyl sites for hydroxylation is 2. The van der Waals surface area contributed by atoms with E-state index in [2.05, 4.69) is 5.32 Å². The van der Waals surface area contributed by atoms with Gasteiger partial charge in [-0.25, -0.2) is 8.42 Å². The van der Waals surface area contributed by atoms with E-state index in [0.29, 0.717) is 23.7 Å². The van der Waals surface area contributed by atoms with E-state index in [-0.39, 0.29) is 31.3 Å². The Morgan fingerprint density at radius 3 is 2.40 bits per heavy atom. The summed E-state index contributed by atoms with van der Waals surface area (Å²) in [5.74, 6) is -0.451. The third-order valence-electron chi connectivity index (χ3n) is 5.89. The normalized spacial score (nSPS) is 12.2. The van der Waals surface area contributed by atoms with Crippen molar-refractivity contribution in [2.24, 2.45) is 0 Å². The predicted molar refractivity (Wildman–Crippen MR) is 142 cm³/mol. The monoisotopic (exact) mass is 521 g/mol. The van der Waals surface area contributed by atoms with Crippen molar-refractivity contribution in [3.8, 4) is 0 Å². The Morgan fingerprint density at radius 1 is 1.09 bits per heavy atom. The van der Waals surface area contributed by atoms with Crippen LogP contribution in [0.25, 0.3) is 0 Å². The lowest BCUT2D eigenvalue weighted by molar-refractivity contribution is -0.140. The lowest BCUT2D eigenvalue weighted by Gasteiger charge is -2.29. The van der Waals surface area contributed by atoms with Crippen LogP contribution in [0.3, 0.4) is 0 Å². The highest BCUT2D eigenvalue weighted by molar-refractivity contribution is 7.92. The van der Waals surface area contributed by atoms with Crippen molar-refractivity contribution in [2.45, 2.75) is 59.5 Å². The van der Waals surface area contributed by atoms with Crippen LogP contribution in [0.5, 0.6) is 0 Å². The van der Waals surface area contributed by atoms with Crippen LogP contribution in [0.1, 0.15) is 49.8 Å². The first-order chi connectivity index (χ1) is 16.4. The van der Waals surface area contributed by atoms with Crippen LogP contribution in [0, 0.1) is 13.8 Å². The van der Waals surface area contributed by atoms with Crippen LogP contribution in [0.4, 0.5) is 5.69 Å². The molecule has 0 radical (unpaired) electrons. The highest BCUT2D eigenvalue weighted by atomic mass is 35.5. The Kier molecular flexibility index (Phi) is 10.6. The van der Waals surface area contributed by atoms with Gasteiger partial charge in [0.2, 0.25) is 21.8 Å². The van der Waals surface area contributed by atoms with E-state index < -0.39 is 16.1 Å². The number of rotatable bonds is 12. The lowest BCUT2D eigenvalue weighted by atomic mass is 10.1. The average molecular weight is 522 g/mol. The maximum Gasteiger partial charge on any atom is 0.242 e. The van der Waals surface area contributed by atoms with E-state index in [9.17, 15) is 18.0 Å². The van der Waals surface area contributed by atoms with Crippen LogP contribution in [0.2, 0.25) is 5.02 Å². The van der Waals surface area contributed by atoms with Gasteiger partial charge in [0, 0.05) is 31.1 Å². The van der Waals surface area contributed by atoms with E-state index in [1.54, 1.807) is 31.2 Å². The van der Waals surface area contributed by atoms with E-state index >= 15 is 0 Å². The third kappa shape index (κ3) is 8.54. The highest BCUT2D eigenvalue weighted by Gasteiger charge is 2.26. The molecule has 0 heterocycles. The van der Waals surface area contributed by atoms with Gasteiger partial charge in [-0.05, 0) is 74.6 Å². The molecule has 0 fully saturated rings. The molecule has 0 spiro atoms. The van der Waals surface area contributed by atoms with Crippen molar-refractivity contribution in [1.82, 2.24) is 10.2 Å². The zero-order valence-electron chi connectivity index (χ0n) is 21.2. The minimum Gasteiger partial charge on any atom is -0.354 e. The van der Waals surface area contributed by atoms with Crippen molar-refractivity contribution < 1.29 is 18.0 Å². The van der Waals surface area contributed by atoms with Crippen LogP contribution < -0.4 is 9.62 Å². The van der Waals surface area contributed by atoms with Gasteiger partial charge in [0.15, 0.2) is 0 Å². The Balaban J connectivity index is 2.17. The van der Waals surface area contributed by atoms with Crippen LogP contribution in [-0.2, 0) is 26.2 Å². The second kappa shape index (κ2) is 12.9. The van der Waals surface area contributed by atoms with E-state index in [1.807, 2.05) is 39.0 Å². The SMILES string of the molecule is CCCNC(=O)[C@H](C)N(Cc1cccc(Cl)c1)C(=O)CCCN(c1ccc(C)c(C)c1)S(C)(=O)=O. The summed E-state index contributed by atoms with van der Waals surface area (Å²) >= 11 is 6.11. The quantitative estimate of drug-likeness (QED) is 0.447. The summed E-state index contributed by atoms with van der Waals surface area (Å²) in [6.07, 6.45) is 2.37. The summed E-state index contributed by atoms with van der Waals surface area (Å²) in [7, 11) is -3.53. The molecule has 0 aliphatic carbocycles. The molecule has 0 bridgehead atoms. The molecule has 0 saturated carbocycles. The first kappa shape index (κ1) is 28.7. The molecule has 35 heavy (non-hydrogen) atoms. The third-order valence-corrected chi connectivity index (χ3v) is 7.32. The maximum atomic E-state index is 13.3. The fourth-order valence-corrected chi connectivity index (χ4v) is 4.87. The first-order valence-electron chi connectivity index (χ1n) is 11.8. The maximum absolute atomic E-state index is 13.3. The van der Waals surface area contributed by atoms with Crippen molar-refractivity contribution in [1.29, 1.82) is 0 Å². The number of benzene rings is 2. The molecule has 192 valence electrons. The van der Waals surface area contributed by atoms with Gasteiger partial charge in [0.05, 0.1) is 11.9 Å². The van der Waals surface area contributed by atoms with E-state index in [1.165, 1.54) is 9.21 Å². The molecule has 0 aliphatic heterocycles. The van der Waals surface area contributed by atoms with E-state index in [4.69, 9.17) is 11.6 Å². The van der Waals surface area contributed by atoms with Gasteiger partial charge >= 0.3 is 0 Å². The molecule has 7 nitrogen and oxygen atoms in total. The molecule has 0 aliphatic rings. The fraction of sp³-hybridized carbons (Fsp3) is 0.462. The topological polar surface area (TPSA) is 86.8 Å². The molecule has 1 N–H and O–H groups in total. The number of amides is 2. The molecule has 1 atom stereocenters. The van der Waals surface area contributed by atoms with Crippen molar-refractivity contribution >= 4 is 39.1 Å². The summed E-state index contributed by atoms with van der Waals surface area (Å²) in [6.45, 7) is 8.48. The number of carbonyl (C=O) groups is 2. The summed E-state index contributed by atoms with van der Waals surface area (Å²) in [6, 6.07) is 12.0. The minimum atomic E-state index is -3.53. The van der Waals surface area contributed by atoms with Crippen LogP contribution in [-0.4, -0.2) is 50.5 Å². The van der Waals surface area contributed by atoms with Gasteiger partial charge in [-0.15, -0.1) is 0 Å². The fourth-order valence-electron chi connectivity index (χ4n) is 3.70. The summed E-state index contributed by atoms with van der Waals surface area (Å²) in [4.78, 5) is 27.4. The molecule has 0 aromatic heterocycles. The number of anilines is 1. The van der Waals surface area contributed by atoms with Gasteiger partial charge < -0.3 is 10.2 Å². The molecular formula is C26H36ClN3O4S. The van der Waals surface area contributed by atoms with Crippen LogP contribution in [0.15, 0.2) is 42.5 Å². The smallest absolute Gasteiger partial charge is 0.242 e. The van der Waals surface area contributed by atoms with Gasteiger partial charge in [-0.1, -0.05) is 36.7 Å². The van der Waals surface area contributed by atoms with Gasteiger partial charge in [-0.2, -0.15) is 0 Å². The van der Waals surface area contributed by atoms with E-state index in [0.717, 1.165) is 29.4 Å². The van der Waals surface area contributed by atoms with Crippen LogP contribution >= 0.6 is 11.6 Å². The second-order valence-electron chi connectivity index (χ2n) is 8.83. The Bertz CT molecular complexity index is 1140. The highest BCUT2D eigenvalue weighted by Crippen LogP contribution is 2.22. The molecule has 0 unspecified atom stereocenters. The molecular weight excluding hydrogens is 486 g/mol. The zero-order chi connectivity index (χ0) is 26.2. The summed E-state index contributed by atoms with van der Waals surface area (Å²) in [5, 5.41) is 3.39. The second-order valence-corrected chi connectivity index (χ2v) is 11.2. The van der Waals surface area contributed by atoms with Crippen molar-refractivity contribution in [3.63, 3.8) is 0 Å². The minimum absolute atomic E-state index is 0.100. The standard InChI is InChI=1S/C26H36ClN3O4S/c1-6-14-28-26(32)21(4)29(18-22-9-7-10-23(27)17-22)25(31)11-8-15-30(35(5,33)34)24-13-12-19(2)20(3)16-24/h7,9-10,12-13,16-17,21H,6,8,11,14-15,18H2,1-5H3,(H,28,32)/t21-/m0/s1. The number of halogens is 1. The van der Waals surface area contributed by atoms with Gasteiger partial charge in [0.1, 0.15) is 6.04 Å². The Hall–Kier alpha value is -2.58. The number of hydrogen-bond acceptors (Lipinski definition) is 4. The number of sulfonamides is 1. The zero-order valence-corrected chi connectivity index (χ0v) is 22.7. The van der Waals surface area contributed by atoms with Gasteiger partial charge in [0.25, 0.3) is 0 Å². The molecule has 2 amide bonds. The Morgan fingerprint density at radius 2 is 1.80 bits per heavy atom. The predicted octanol–water partition coefficient (Wildman–Crippen LogP) is 4.45. The van der Waals surface area contributed by atoms with Crippen molar-refractivity contribution in [2.75, 3.05) is 23.7 Å². The first-order valence-corrected chi connectivity index (χ1v) is 14.0.